The van der Waals surface area contributed by atoms with Crippen molar-refractivity contribution in [1.29, 1.82) is 0 Å². The predicted octanol–water partition coefficient (Wildman–Crippen LogP) is 0.745. The third-order valence-electron chi connectivity index (χ3n) is 10.1. The molecule has 0 aromatic heterocycles. The normalized spacial score (nSPS) is 36.6. The molecule has 0 saturated carbocycles. The van der Waals surface area contributed by atoms with Gasteiger partial charge in [0, 0.05) is 63.7 Å². The number of piperidine rings is 3. The highest BCUT2D eigenvalue weighted by Crippen LogP contribution is 2.50. The lowest BCUT2D eigenvalue weighted by molar-refractivity contribution is -0.160. The second-order valence-electron chi connectivity index (χ2n) is 12.6. The molecule has 0 radical (unpaired) electrons. The Bertz CT molecular complexity index is 866. The van der Waals surface area contributed by atoms with Crippen LogP contribution in [0.25, 0.3) is 0 Å². The van der Waals surface area contributed by atoms with E-state index in [1.807, 2.05) is 0 Å². The van der Waals surface area contributed by atoms with Crippen LogP contribution in [0.5, 0.6) is 0 Å². The lowest BCUT2D eigenvalue weighted by Crippen LogP contribution is -2.75. The van der Waals surface area contributed by atoms with Crippen LogP contribution < -0.4 is 22.1 Å². The molecule has 0 aromatic carbocycles. The Morgan fingerprint density at radius 3 is 2.68 bits per heavy atom. The van der Waals surface area contributed by atoms with E-state index in [2.05, 4.69) is 27.4 Å². The first-order valence-corrected chi connectivity index (χ1v) is 14.8. The molecule has 6 atom stereocenters. The summed E-state index contributed by atoms with van der Waals surface area (Å²) in [5.41, 5.74) is 12.1. The van der Waals surface area contributed by atoms with E-state index in [0.717, 1.165) is 71.0 Å². The van der Waals surface area contributed by atoms with Crippen molar-refractivity contribution >= 4 is 12.0 Å². The second-order valence-corrected chi connectivity index (χ2v) is 12.6. The molecule has 11 heteroatoms. The van der Waals surface area contributed by atoms with Crippen molar-refractivity contribution in [3.05, 3.63) is 0 Å². The van der Waals surface area contributed by atoms with Crippen LogP contribution >= 0.6 is 0 Å². The number of likely N-dealkylation sites (N-methyl/N-ethyl adjacent to an activating group) is 1. The van der Waals surface area contributed by atoms with Crippen LogP contribution in [-0.4, -0.2) is 115 Å². The first-order valence-electron chi connectivity index (χ1n) is 14.8. The number of hydrogen-bond donors (Lipinski definition) is 4. The van der Waals surface area contributed by atoms with Crippen LogP contribution in [0.1, 0.15) is 64.7 Å². The minimum atomic E-state index is -0.862. The summed E-state index contributed by atoms with van der Waals surface area (Å²) < 4.78 is 20.2. The van der Waals surface area contributed by atoms with Crippen molar-refractivity contribution in [2.45, 2.75) is 106 Å². The Labute approximate surface area is 226 Å². The fourth-order valence-corrected chi connectivity index (χ4v) is 7.99. The van der Waals surface area contributed by atoms with Gasteiger partial charge in [-0.3, -0.25) is 14.6 Å². The molecule has 10 nitrogen and oxygen atoms in total. The average Bonchev–Trinajstić information content (AvgIpc) is 3.15. The summed E-state index contributed by atoms with van der Waals surface area (Å²) in [5, 5.41) is 6.75. The number of fused-ring (bicyclic) bond motifs is 1. The highest BCUT2D eigenvalue weighted by atomic mass is 19.1. The Balaban J connectivity index is 1.23. The molecule has 38 heavy (non-hydrogen) atoms. The molecule has 2 amide bonds. The number of halogens is 1. The number of rotatable bonds is 8. The van der Waals surface area contributed by atoms with Gasteiger partial charge >= 0.3 is 6.09 Å². The number of carbonyl (C=O) groups excluding carboxylic acids is 2. The highest BCUT2D eigenvalue weighted by Gasteiger charge is 2.58. The van der Waals surface area contributed by atoms with Gasteiger partial charge in [-0.15, -0.1) is 0 Å². The molecule has 5 heterocycles. The topological polar surface area (TPSA) is 129 Å². The summed E-state index contributed by atoms with van der Waals surface area (Å²) in [6, 6.07) is 0.00197. The smallest absolute Gasteiger partial charge is 0.410 e. The van der Waals surface area contributed by atoms with Gasteiger partial charge < -0.3 is 31.7 Å². The Hall–Kier alpha value is -1.53. The predicted molar refractivity (Wildman–Crippen MR) is 143 cm³/mol. The van der Waals surface area contributed by atoms with E-state index in [1.54, 1.807) is 11.9 Å². The highest BCUT2D eigenvalue weighted by molar-refractivity contribution is 5.81. The number of amides is 2. The van der Waals surface area contributed by atoms with Crippen molar-refractivity contribution in [3.63, 3.8) is 0 Å². The molecule has 1 spiro atoms. The van der Waals surface area contributed by atoms with Gasteiger partial charge in [0.1, 0.15) is 11.8 Å². The Morgan fingerprint density at radius 2 is 2.03 bits per heavy atom. The number of nitrogens with two attached hydrogens (primary N) is 2. The van der Waals surface area contributed by atoms with Crippen molar-refractivity contribution in [3.8, 4) is 0 Å². The molecule has 5 fully saturated rings. The molecule has 0 aromatic rings. The van der Waals surface area contributed by atoms with Crippen LogP contribution in [0, 0.1) is 5.92 Å². The van der Waals surface area contributed by atoms with Gasteiger partial charge in [-0.2, -0.15) is 0 Å². The van der Waals surface area contributed by atoms with Crippen LogP contribution in [0.4, 0.5) is 9.18 Å². The third kappa shape index (κ3) is 5.29. The molecule has 0 aliphatic carbocycles. The minimum absolute atomic E-state index is 0.00681. The summed E-state index contributed by atoms with van der Waals surface area (Å²) in [7, 11) is 1.79. The van der Waals surface area contributed by atoms with E-state index in [0.29, 0.717) is 26.1 Å². The Kier molecular flexibility index (Phi) is 8.22. The van der Waals surface area contributed by atoms with Crippen molar-refractivity contribution in [2.75, 3.05) is 46.3 Å². The third-order valence-corrected chi connectivity index (χ3v) is 10.1. The van der Waals surface area contributed by atoms with E-state index >= 15 is 0 Å². The van der Waals surface area contributed by atoms with Crippen LogP contribution in [0.3, 0.4) is 0 Å². The fourth-order valence-electron chi connectivity index (χ4n) is 7.99. The molecule has 0 bridgehead atoms. The van der Waals surface area contributed by atoms with Crippen LogP contribution in [0.15, 0.2) is 0 Å². The maximum Gasteiger partial charge on any atom is 0.410 e. The quantitative estimate of drug-likeness (QED) is 0.334. The number of nitrogens with zero attached hydrogens (tertiary/aromatic N) is 3. The van der Waals surface area contributed by atoms with E-state index in [-0.39, 0.29) is 41.3 Å². The fraction of sp³-hybridized carbons (Fsp3) is 0.926. The minimum Gasteiger partial charge on any atom is -0.441 e. The van der Waals surface area contributed by atoms with Crippen LogP contribution in [-0.2, 0) is 9.53 Å². The summed E-state index contributed by atoms with van der Waals surface area (Å²) in [4.78, 5) is 32.1. The first-order chi connectivity index (χ1) is 18.2. The van der Waals surface area contributed by atoms with Crippen molar-refractivity contribution in [1.82, 2.24) is 25.3 Å². The molecular formula is C27H48FN7O3. The molecular weight excluding hydrogens is 489 g/mol. The molecule has 5 aliphatic rings. The van der Waals surface area contributed by atoms with E-state index in [4.69, 9.17) is 16.2 Å². The van der Waals surface area contributed by atoms with Gasteiger partial charge in [-0.1, -0.05) is 19.8 Å². The average molecular weight is 538 g/mol. The van der Waals surface area contributed by atoms with Gasteiger partial charge in [0.2, 0.25) is 5.91 Å². The second kappa shape index (κ2) is 11.2. The van der Waals surface area contributed by atoms with Crippen molar-refractivity contribution < 1.29 is 18.7 Å². The van der Waals surface area contributed by atoms with Gasteiger partial charge in [-0.05, 0) is 38.6 Å². The van der Waals surface area contributed by atoms with E-state index < -0.39 is 18.3 Å². The molecule has 216 valence electrons. The van der Waals surface area contributed by atoms with Crippen LogP contribution in [0.2, 0.25) is 0 Å². The summed E-state index contributed by atoms with van der Waals surface area (Å²) in [5.74, 6) is -0.690. The zero-order valence-electron chi connectivity index (χ0n) is 23.2. The number of nitrogens with one attached hydrogen (secondary N) is 2. The molecule has 5 rings (SSSR count). The lowest BCUT2D eigenvalue weighted by Gasteiger charge is -2.64. The molecule has 5 saturated heterocycles. The van der Waals surface area contributed by atoms with Gasteiger partial charge in [-0.25, -0.2) is 9.18 Å². The van der Waals surface area contributed by atoms with Gasteiger partial charge in [0.05, 0.1) is 24.7 Å². The molecule has 6 unspecified atom stereocenters. The summed E-state index contributed by atoms with van der Waals surface area (Å²) >= 11 is 0. The standard InChI is InChI=1S/C27H48FN7O3/c1-3-4-7-26-8-5-18(28)16-35(26)21(14-26)22(23(29)30)24(36)32-19-15-31-11-6-20(19)34-12-9-27(10-13-34)17-33(2)25(37)38-27/h18-23,31H,3-17,29-30H2,1-2H3,(H,32,36). The first kappa shape index (κ1) is 28.0. The Morgan fingerprint density at radius 1 is 1.26 bits per heavy atom. The van der Waals surface area contributed by atoms with E-state index in [1.165, 1.54) is 0 Å². The zero-order valence-corrected chi connectivity index (χ0v) is 23.2. The lowest BCUT2D eigenvalue weighted by atomic mass is 9.65. The number of alkyl halides is 1. The number of unbranched alkanes of at least 4 members (excludes halogenated alkanes) is 1. The maximum atomic E-state index is 14.5. The zero-order chi connectivity index (χ0) is 27.1. The molecule has 5 aliphatic heterocycles. The largest absolute Gasteiger partial charge is 0.441 e. The molecule has 6 N–H and O–H groups in total. The van der Waals surface area contributed by atoms with E-state index in [9.17, 15) is 14.0 Å². The monoisotopic (exact) mass is 537 g/mol. The van der Waals surface area contributed by atoms with Gasteiger partial charge in [0.15, 0.2) is 0 Å². The number of carbonyl (C=O) groups is 2. The van der Waals surface area contributed by atoms with Gasteiger partial charge in [0.25, 0.3) is 0 Å². The summed E-state index contributed by atoms with van der Waals surface area (Å²) in [6.07, 6.45) is 6.16. The maximum absolute atomic E-state index is 14.5. The number of hydrogen-bond acceptors (Lipinski definition) is 8. The number of ether oxygens (including phenoxy) is 1. The SMILES string of the molecule is CCCCC12CCC(F)CN1C(C(C(=O)NC1CNCCC1N1CCC3(CC1)CN(C)C(=O)O3)C(N)N)C2. The summed E-state index contributed by atoms with van der Waals surface area (Å²) in [6.45, 7) is 6.42. The van der Waals surface area contributed by atoms with Crippen molar-refractivity contribution in [2.24, 2.45) is 17.4 Å². The number of likely N-dealkylation sites (tertiary alicyclic amines) is 1.